The van der Waals surface area contributed by atoms with Gasteiger partial charge in [-0.25, -0.2) is 14.6 Å². The van der Waals surface area contributed by atoms with Crippen molar-refractivity contribution in [3.8, 4) is 17.1 Å². The monoisotopic (exact) mass is 446 g/mol. The van der Waals surface area contributed by atoms with Gasteiger partial charge in [0, 0.05) is 47.5 Å². The molecule has 1 aromatic carbocycles. The summed E-state index contributed by atoms with van der Waals surface area (Å²) in [5, 5.41) is 6.08. The van der Waals surface area contributed by atoms with Gasteiger partial charge >= 0.3 is 0 Å². The second-order valence-corrected chi connectivity index (χ2v) is 8.31. The van der Waals surface area contributed by atoms with Crippen molar-refractivity contribution in [3.63, 3.8) is 0 Å². The van der Waals surface area contributed by atoms with Crippen LogP contribution in [-0.2, 0) is 14.2 Å². The Hall–Kier alpha value is -3.27. The second-order valence-electron chi connectivity index (χ2n) is 8.31. The minimum atomic E-state index is -0.289. The number of morpholine rings is 1. The molecule has 0 amide bonds. The van der Waals surface area contributed by atoms with Crippen molar-refractivity contribution < 1.29 is 14.2 Å². The van der Waals surface area contributed by atoms with Gasteiger partial charge < -0.3 is 24.1 Å². The number of H-pyrrole nitrogens is 1. The minimum absolute atomic E-state index is 0.289. The maximum atomic E-state index is 5.91. The maximum absolute atomic E-state index is 5.91. The third-order valence-electron chi connectivity index (χ3n) is 6.13. The van der Waals surface area contributed by atoms with Crippen molar-refractivity contribution in [1.82, 2.24) is 24.7 Å². The molecule has 170 valence electrons. The van der Waals surface area contributed by atoms with Crippen molar-refractivity contribution in [1.29, 1.82) is 0 Å². The highest BCUT2D eigenvalue weighted by atomic mass is 16.6. The fraction of sp³-hybridized carbons (Fsp3) is 0.375. The molecule has 0 aliphatic carbocycles. The molecular weight excluding hydrogens is 420 g/mol. The predicted octanol–water partition coefficient (Wildman–Crippen LogP) is 3.04. The van der Waals surface area contributed by atoms with Crippen LogP contribution in [0.4, 0.5) is 5.82 Å². The molecule has 0 spiro atoms. The second kappa shape index (κ2) is 8.58. The Morgan fingerprint density at radius 3 is 2.67 bits per heavy atom. The van der Waals surface area contributed by atoms with E-state index >= 15 is 0 Å². The van der Waals surface area contributed by atoms with E-state index in [1.807, 2.05) is 36.0 Å². The molecule has 2 aliphatic rings. The number of aromatic nitrogens is 5. The van der Waals surface area contributed by atoms with Crippen molar-refractivity contribution >= 4 is 16.7 Å². The van der Waals surface area contributed by atoms with Gasteiger partial charge in [-0.2, -0.15) is 5.10 Å². The Morgan fingerprint density at radius 2 is 1.82 bits per heavy atom. The molecule has 9 heteroatoms. The zero-order chi connectivity index (χ0) is 22.2. The van der Waals surface area contributed by atoms with Gasteiger partial charge in [-0.3, -0.25) is 0 Å². The van der Waals surface area contributed by atoms with E-state index in [9.17, 15) is 0 Å². The fourth-order valence-corrected chi connectivity index (χ4v) is 4.40. The first-order chi connectivity index (χ1) is 16.3. The molecule has 0 unspecified atom stereocenters. The minimum Gasteiger partial charge on any atom is -0.378 e. The number of aromatic amines is 1. The highest BCUT2D eigenvalue weighted by Crippen LogP contribution is 2.30. The van der Waals surface area contributed by atoms with E-state index in [1.165, 1.54) is 0 Å². The van der Waals surface area contributed by atoms with Crippen LogP contribution in [0, 0.1) is 6.92 Å². The third-order valence-corrected chi connectivity index (χ3v) is 6.13. The molecule has 2 saturated heterocycles. The topological polar surface area (TPSA) is 90.3 Å². The lowest BCUT2D eigenvalue weighted by Gasteiger charge is -2.29. The van der Waals surface area contributed by atoms with Crippen molar-refractivity contribution in [2.75, 3.05) is 51.0 Å². The zero-order valence-corrected chi connectivity index (χ0v) is 18.5. The number of benzene rings is 1. The van der Waals surface area contributed by atoms with Gasteiger partial charge in [0.1, 0.15) is 11.9 Å². The van der Waals surface area contributed by atoms with Gasteiger partial charge in [0.15, 0.2) is 11.6 Å². The number of anilines is 1. The zero-order valence-electron chi connectivity index (χ0n) is 18.5. The maximum Gasteiger partial charge on any atom is 0.164 e. The fourth-order valence-electron chi connectivity index (χ4n) is 4.40. The Labute approximate surface area is 191 Å². The lowest BCUT2D eigenvalue weighted by Crippen LogP contribution is -2.37. The van der Waals surface area contributed by atoms with E-state index in [2.05, 4.69) is 28.1 Å². The first-order valence-corrected chi connectivity index (χ1v) is 11.3. The molecule has 0 radical (unpaired) electrons. The molecule has 1 N–H and O–H groups in total. The van der Waals surface area contributed by atoms with Crippen molar-refractivity contribution in [2.24, 2.45) is 0 Å². The molecular formula is C24H26N6O3. The van der Waals surface area contributed by atoms with Crippen LogP contribution in [0.25, 0.3) is 28.0 Å². The lowest BCUT2D eigenvalue weighted by molar-refractivity contribution is -0.0935. The summed E-state index contributed by atoms with van der Waals surface area (Å²) in [5.41, 5.74) is 4.05. The molecule has 5 heterocycles. The van der Waals surface area contributed by atoms with Gasteiger partial charge in [0.05, 0.1) is 38.7 Å². The van der Waals surface area contributed by atoms with Gasteiger partial charge in [-0.1, -0.05) is 18.2 Å². The van der Waals surface area contributed by atoms with E-state index < -0.39 is 0 Å². The first kappa shape index (κ1) is 20.3. The Kier molecular flexibility index (Phi) is 5.29. The van der Waals surface area contributed by atoms with Crippen molar-refractivity contribution in [2.45, 2.75) is 13.0 Å². The molecule has 1 atom stereocenters. The third kappa shape index (κ3) is 3.88. The van der Waals surface area contributed by atoms with Crippen LogP contribution in [0.2, 0.25) is 0 Å². The number of hydrogen-bond acceptors (Lipinski definition) is 7. The summed E-state index contributed by atoms with van der Waals surface area (Å²) in [6.45, 7) is 6.57. The van der Waals surface area contributed by atoms with Crippen LogP contribution >= 0.6 is 0 Å². The number of nitrogens with one attached hydrogen (secondary N) is 1. The summed E-state index contributed by atoms with van der Waals surface area (Å²) in [6.07, 6.45) is 1.72. The molecule has 0 bridgehead atoms. The van der Waals surface area contributed by atoms with E-state index in [0.29, 0.717) is 38.9 Å². The number of fused-ring (bicyclic) bond motifs is 1. The summed E-state index contributed by atoms with van der Waals surface area (Å²) >= 11 is 0. The highest BCUT2D eigenvalue weighted by molar-refractivity contribution is 5.94. The van der Waals surface area contributed by atoms with Crippen LogP contribution in [0.3, 0.4) is 0 Å². The summed E-state index contributed by atoms with van der Waals surface area (Å²) in [4.78, 5) is 15.3. The smallest absolute Gasteiger partial charge is 0.164 e. The summed E-state index contributed by atoms with van der Waals surface area (Å²) in [6, 6.07) is 12.3. The molecule has 4 aromatic rings. The van der Waals surface area contributed by atoms with Gasteiger partial charge in [0.25, 0.3) is 0 Å². The largest absolute Gasteiger partial charge is 0.378 e. The molecule has 2 aliphatic heterocycles. The number of para-hydroxylation sites is 1. The average molecular weight is 447 g/mol. The Balaban J connectivity index is 1.43. The summed E-state index contributed by atoms with van der Waals surface area (Å²) in [5.74, 6) is 2.20. The molecule has 0 saturated carbocycles. The number of aryl methyl sites for hydroxylation is 1. The highest BCUT2D eigenvalue weighted by Gasteiger charge is 2.24. The Morgan fingerprint density at radius 1 is 0.970 bits per heavy atom. The average Bonchev–Trinajstić information content (AvgIpc) is 3.48. The lowest BCUT2D eigenvalue weighted by atomic mass is 10.1. The van der Waals surface area contributed by atoms with Gasteiger partial charge in [-0.05, 0) is 19.1 Å². The Bertz CT molecular complexity index is 1230. The summed E-state index contributed by atoms with van der Waals surface area (Å²) < 4.78 is 18.9. The molecule has 33 heavy (non-hydrogen) atoms. The molecule has 6 rings (SSSR count). The molecule has 3 aromatic heterocycles. The van der Waals surface area contributed by atoms with E-state index in [-0.39, 0.29) is 6.10 Å². The van der Waals surface area contributed by atoms with Crippen molar-refractivity contribution in [3.05, 3.63) is 54.1 Å². The quantitative estimate of drug-likeness (QED) is 0.515. The van der Waals surface area contributed by atoms with E-state index in [4.69, 9.17) is 29.3 Å². The normalized spacial score (nSPS) is 19.3. The molecule has 9 nitrogen and oxygen atoms in total. The van der Waals surface area contributed by atoms with E-state index in [1.54, 1.807) is 0 Å². The number of ether oxygens (including phenoxy) is 3. The SMILES string of the molecule is Cc1cc(-c2c[nH]c3ccccc23)nn1-c1cc(N2CCOCC2)nc([C@@H]2COCCO2)n1. The standard InChI is InChI=1S/C24H26N6O3/c1-16-12-20(18-14-25-19-5-3-2-4-17(18)19)28-30(16)23-13-22(29-6-8-31-9-7-29)26-24(27-23)21-15-32-10-11-33-21/h2-5,12-14,21,25H,6-11,15H2,1H3/t21-/m0/s1. The summed E-state index contributed by atoms with van der Waals surface area (Å²) in [7, 11) is 0. The number of nitrogens with zero attached hydrogens (tertiary/aromatic N) is 5. The van der Waals surface area contributed by atoms with Crippen LogP contribution in [0.15, 0.2) is 42.6 Å². The predicted molar refractivity (Wildman–Crippen MR) is 124 cm³/mol. The molecule has 2 fully saturated rings. The van der Waals surface area contributed by atoms with Gasteiger partial charge in [0.2, 0.25) is 0 Å². The van der Waals surface area contributed by atoms with Crippen LogP contribution < -0.4 is 4.90 Å². The number of rotatable bonds is 4. The van der Waals surface area contributed by atoms with Crippen LogP contribution in [-0.4, -0.2) is 70.9 Å². The van der Waals surface area contributed by atoms with Gasteiger partial charge in [-0.15, -0.1) is 0 Å². The van der Waals surface area contributed by atoms with Crippen LogP contribution in [0.1, 0.15) is 17.6 Å². The van der Waals surface area contributed by atoms with E-state index in [0.717, 1.165) is 52.6 Å². The van der Waals surface area contributed by atoms with Crippen LogP contribution in [0.5, 0.6) is 0 Å². The number of hydrogen-bond donors (Lipinski definition) is 1. The first-order valence-electron chi connectivity index (χ1n) is 11.3.